The van der Waals surface area contributed by atoms with Gasteiger partial charge in [0.25, 0.3) is 0 Å². The number of halogens is 1. The molecule has 2 aliphatic heterocycles. The first-order chi connectivity index (χ1) is 10.3. The third-order valence-electron chi connectivity index (χ3n) is 4.34. The molecule has 0 bridgehead atoms. The first kappa shape index (κ1) is 13.4. The molecule has 2 aliphatic rings. The summed E-state index contributed by atoms with van der Waals surface area (Å²) in [5.41, 5.74) is 0.895. The van der Waals surface area contributed by atoms with E-state index in [0.29, 0.717) is 6.04 Å². The van der Waals surface area contributed by atoms with Crippen molar-refractivity contribution in [2.75, 3.05) is 44.3 Å². The van der Waals surface area contributed by atoms with E-state index in [1.165, 1.54) is 12.5 Å². The molecule has 0 aliphatic carbocycles. The summed E-state index contributed by atoms with van der Waals surface area (Å²) in [6.45, 7) is 5.80. The number of hydrogen-bond donors (Lipinski definition) is 0. The SMILES string of the molecule is Fc1ccc2nc(N3CCC(N4CCOCC4)C3)sc2c1. The van der Waals surface area contributed by atoms with Crippen LogP contribution in [0.2, 0.25) is 0 Å². The molecule has 1 atom stereocenters. The lowest BCUT2D eigenvalue weighted by Crippen LogP contribution is -2.44. The average Bonchev–Trinajstić information content (AvgIpc) is 3.14. The number of aromatic nitrogens is 1. The van der Waals surface area contributed by atoms with Gasteiger partial charge in [-0.1, -0.05) is 11.3 Å². The van der Waals surface area contributed by atoms with E-state index in [2.05, 4.69) is 14.8 Å². The smallest absolute Gasteiger partial charge is 0.186 e. The maximum Gasteiger partial charge on any atom is 0.186 e. The van der Waals surface area contributed by atoms with Gasteiger partial charge in [0.1, 0.15) is 5.82 Å². The van der Waals surface area contributed by atoms with Crippen LogP contribution in [-0.4, -0.2) is 55.3 Å². The summed E-state index contributed by atoms with van der Waals surface area (Å²) >= 11 is 1.59. The number of anilines is 1. The van der Waals surface area contributed by atoms with E-state index in [1.54, 1.807) is 23.5 Å². The van der Waals surface area contributed by atoms with Gasteiger partial charge in [0.05, 0.1) is 23.4 Å². The third kappa shape index (κ3) is 2.63. The van der Waals surface area contributed by atoms with Crippen LogP contribution in [0, 0.1) is 5.82 Å². The highest BCUT2D eigenvalue weighted by atomic mass is 32.1. The van der Waals surface area contributed by atoms with Gasteiger partial charge < -0.3 is 9.64 Å². The van der Waals surface area contributed by atoms with Crippen LogP contribution in [0.15, 0.2) is 18.2 Å². The predicted octanol–water partition coefficient (Wildman–Crippen LogP) is 2.35. The topological polar surface area (TPSA) is 28.6 Å². The highest BCUT2D eigenvalue weighted by Crippen LogP contribution is 2.32. The van der Waals surface area contributed by atoms with Gasteiger partial charge in [-0.15, -0.1) is 0 Å². The van der Waals surface area contributed by atoms with Crippen molar-refractivity contribution in [3.63, 3.8) is 0 Å². The number of benzene rings is 1. The van der Waals surface area contributed by atoms with Gasteiger partial charge in [-0.2, -0.15) is 0 Å². The Kier molecular flexibility index (Phi) is 3.52. The zero-order valence-electron chi connectivity index (χ0n) is 11.8. The van der Waals surface area contributed by atoms with Crippen LogP contribution in [-0.2, 0) is 4.74 Å². The summed E-state index contributed by atoms with van der Waals surface area (Å²) in [6, 6.07) is 5.41. The third-order valence-corrected chi connectivity index (χ3v) is 5.41. The molecule has 0 amide bonds. The lowest BCUT2D eigenvalue weighted by atomic mass is 10.2. The Morgan fingerprint density at radius 2 is 2.10 bits per heavy atom. The predicted molar refractivity (Wildman–Crippen MR) is 82.6 cm³/mol. The van der Waals surface area contributed by atoms with Crippen molar-refractivity contribution < 1.29 is 9.13 Å². The van der Waals surface area contributed by atoms with Crippen molar-refractivity contribution in [1.82, 2.24) is 9.88 Å². The number of morpholine rings is 1. The fraction of sp³-hybridized carbons (Fsp3) is 0.533. The standard InChI is InChI=1S/C15H18FN3OS/c16-11-1-2-13-14(9-11)21-15(17-13)19-4-3-12(10-19)18-5-7-20-8-6-18/h1-2,9,12H,3-8,10H2. The molecule has 0 saturated carbocycles. The van der Waals surface area contributed by atoms with Gasteiger partial charge >= 0.3 is 0 Å². The second-order valence-electron chi connectivity index (χ2n) is 5.65. The number of ether oxygens (including phenoxy) is 1. The van der Waals surface area contributed by atoms with E-state index in [-0.39, 0.29) is 5.82 Å². The van der Waals surface area contributed by atoms with Crippen molar-refractivity contribution in [2.24, 2.45) is 0 Å². The Balaban J connectivity index is 1.50. The van der Waals surface area contributed by atoms with Gasteiger partial charge in [0.2, 0.25) is 0 Å². The van der Waals surface area contributed by atoms with Crippen LogP contribution < -0.4 is 4.90 Å². The number of hydrogen-bond acceptors (Lipinski definition) is 5. The quantitative estimate of drug-likeness (QED) is 0.851. The van der Waals surface area contributed by atoms with Crippen molar-refractivity contribution in [2.45, 2.75) is 12.5 Å². The normalized spacial score (nSPS) is 24.0. The Morgan fingerprint density at radius 3 is 2.95 bits per heavy atom. The second-order valence-corrected chi connectivity index (χ2v) is 6.65. The molecule has 1 aromatic carbocycles. The van der Waals surface area contributed by atoms with E-state index in [0.717, 1.165) is 54.7 Å². The molecule has 2 fully saturated rings. The molecule has 2 saturated heterocycles. The summed E-state index contributed by atoms with van der Waals surface area (Å²) < 4.78 is 19.6. The Hall–Kier alpha value is -1.24. The van der Waals surface area contributed by atoms with Crippen molar-refractivity contribution in [3.8, 4) is 0 Å². The van der Waals surface area contributed by atoms with Gasteiger partial charge in [0.15, 0.2) is 5.13 Å². The van der Waals surface area contributed by atoms with Crippen LogP contribution in [0.25, 0.3) is 10.2 Å². The second kappa shape index (κ2) is 5.51. The molecule has 1 unspecified atom stereocenters. The fourth-order valence-corrected chi connectivity index (χ4v) is 4.20. The number of nitrogens with zero attached hydrogens (tertiary/aromatic N) is 3. The number of fused-ring (bicyclic) bond motifs is 1. The molecule has 3 heterocycles. The maximum atomic E-state index is 13.3. The summed E-state index contributed by atoms with van der Waals surface area (Å²) in [6.07, 6.45) is 1.17. The summed E-state index contributed by atoms with van der Waals surface area (Å²) in [7, 11) is 0. The highest BCUT2D eigenvalue weighted by Gasteiger charge is 2.30. The Morgan fingerprint density at radius 1 is 1.24 bits per heavy atom. The van der Waals surface area contributed by atoms with E-state index in [4.69, 9.17) is 4.74 Å². The lowest BCUT2D eigenvalue weighted by Gasteiger charge is -2.32. The molecule has 0 spiro atoms. The van der Waals surface area contributed by atoms with Gasteiger partial charge in [-0.05, 0) is 24.6 Å². The van der Waals surface area contributed by atoms with E-state index < -0.39 is 0 Å². The lowest BCUT2D eigenvalue weighted by molar-refractivity contribution is 0.0209. The monoisotopic (exact) mass is 307 g/mol. The van der Waals surface area contributed by atoms with E-state index >= 15 is 0 Å². The van der Waals surface area contributed by atoms with E-state index in [9.17, 15) is 4.39 Å². The van der Waals surface area contributed by atoms with Crippen LogP contribution in [0.1, 0.15) is 6.42 Å². The molecular weight excluding hydrogens is 289 g/mol. The fourth-order valence-electron chi connectivity index (χ4n) is 3.18. The molecule has 112 valence electrons. The number of thiazole rings is 1. The van der Waals surface area contributed by atoms with E-state index in [1.807, 2.05) is 0 Å². The van der Waals surface area contributed by atoms with Crippen LogP contribution in [0.4, 0.5) is 9.52 Å². The minimum Gasteiger partial charge on any atom is -0.379 e. The van der Waals surface area contributed by atoms with Gasteiger partial charge in [0, 0.05) is 32.2 Å². The van der Waals surface area contributed by atoms with Crippen molar-refractivity contribution >= 4 is 26.7 Å². The average molecular weight is 307 g/mol. The Bertz CT molecular complexity index is 641. The summed E-state index contributed by atoms with van der Waals surface area (Å²) in [4.78, 5) is 9.51. The Labute approximate surface area is 127 Å². The summed E-state index contributed by atoms with van der Waals surface area (Å²) in [5.74, 6) is -0.190. The molecule has 4 nitrogen and oxygen atoms in total. The van der Waals surface area contributed by atoms with Crippen LogP contribution >= 0.6 is 11.3 Å². The minimum absolute atomic E-state index is 0.190. The molecule has 0 N–H and O–H groups in total. The van der Waals surface area contributed by atoms with Gasteiger partial charge in [-0.25, -0.2) is 9.37 Å². The molecule has 0 radical (unpaired) electrons. The highest BCUT2D eigenvalue weighted by molar-refractivity contribution is 7.22. The molecule has 2 aromatic rings. The van der Waals surface area contributed by atoms with Crippen LogP contribution in [0.5, 0.6) is 0 Å². The molecule has 6 heteroatoms. The van der Waals surface area contributed by atoms with Crippen molar-refractivity contribution in [1.29, 1.82) is 0 Å². The molecular formula is C15H18FN3OS. The van der Waals surface area contributed by atoms with Crippen molar-refractivity contribution in [3.05, 3.63) is 24.0 Å². The summed E-state index contributed by atoms with van der Waals surface area (Å²) in [5, 5.41) is 1.02. The molecule has 4 rings (SSSR count). The largest absolute Gasteiger partial charge is 0.379 e. The molecule has 1 aromatic heterocycles. The van der Waals surface area contributed by atoms with Crippen LogP contribution in [0.3, 0.4) is 0 Å². The zero-order chi connectivity index (χ0) is 14.2. The number of rotatable bonds is 2. The first-order valence-electron chi connectivity index (χ1n) is 7.42. The maximum absolute atomic E-state index is 13.3. The zero-order valence-corrected chi connectivity index (χ0v) is 12.6. The minimum atomic E-state index is -0.190. The molecule has 21 heavy (non-hydrogen) atoms. The first-order valence-corrected chi connectivity index (χ1v) is 8.24. The van der Waals surface area contributed by atoms with Gasteiger partial charge in [-0.3, -0.25) is 4.90 Å².